The van der Waals surface area contributed by atoms with E-state index in [2.05, 4.69) is 25.6 Å². The monoisotopic (exact) mass is 488 g/mol. The molecule has 0 bridgehead atoms. The van der Waals surface area contributed by atoms with E-state index in [1.165, 1.54) is 11.6 Å². The van der Waals surface area contributed by atoms with Gasteiger partial charge in [0.25, 0.3) is 0 Å². The summed E-state index contributed by atoms with van der Waals surface area (Å²) in [4.78, 5) is 8.91. The first-order valence-electron chi connectivity index (χ1n) is 10.8. The average molecular weight is 489 g/mol. The highest BCUT2D eigenvalue weighted by molar-refractivity contribution is 7.89. The van der Waals surface area contributed by atoms with E-state index in [0.717, 1.165) is 44.2 Å². The van der Waals surface area contributed by atoms with Crippen LogP contribution in [0.1, 0.15) is 12.5 Å². The molecule has 1 N–H and O–H groups in total. The molecular formula is C23H25ClN4O4S. The summed E-state index contributed by atoms with van der Waals surface area (Å²) in [5.74, 6) is 1.58. The number of hydrogen-bond donors (Lipinski definition) is 1. The minimum Gasteiger partial charge on any atom is -0.454 e. The minimum absolute atomic E-state index is 0.184. The second-order valence-corrected chi connectivity index (χ2v) is 10.3. The van der Waals surface area contributed by atoms with E-state index < -0.39 is 10.0 Å². The molecule has 0 spiro atoms. The Kier molecular flexibility index (Phi) is 6.15. The highest BCUT2D eigenvalue weighted by Gasteiger charge is 2.27. The molecule has 33 heavy (non-hydrogen) atoms. The van der Waals surface area contributed by atoms with Crippen molar-refractivity contribution in [2.24, 2.45) is 0 Å². The molecule has 1 saturated heterocycles. The van der Waals surface area contributed by atoms with Gasteiger partial charge in [0.1, 0.15) is 0 Å². The Bertz CT molecular complexity index is 1280. The predicted octanol–water partition coefficient (Wildman–Crippen LogP) is 3.06. The lowest BCUT2D eigenvalue weighted by Gasteiger charge is -2.38. The number of ether oxygens (including phenoxy) is 2. The van der Waals surface area contributed by atoms with Crippen LogP contribution in [0.5, 0.6) is 11.5 Å². The lowest BCUT2D eigenvalue weighted by atomic mass is 10.1. The first kappa shape index (κ1) is 22.4. The van der Waals surface area contributed by atoms with Crippen molar-refractivity contribution in [3.63, 3.8) is 0 Å². The SMILES string of the molecule is CC(NS(=O)(=O)c1ccc(Cl)c2ncccc12)N1CCN(Cc2ccc3c(c2)OCO3)CC1. The molecule has 2 aliphatic rings. The summed E-state index contributed by atoms with van der Waals surface area (Å²) >= 11 is 6.20. The van der Waals surface area contributed by atoms with Gasteiger partial charge in [-0.25, -0.2) is 8.42 Å². The van der Waals surface area contributed by atoms with Crippen molar-refractivity contribution in [2.75, 3.05) is 33.0 Å². The van der Waals surface area contributed by atoms with E-state index in [0.29, 0.717) is 15.9 Å². The van der Waals surface area contributed by atoms with E-state index >= 15 is 0 Å². The summed E-state index contributed by atoms with van der Waals surface area (Å²) < 4.78 is 40.0. The van der Waals surface area contributed by atoms with Crippen LogP contribution < -0.4 is 14.2 Å². The van der Waals surface area contributed by atoms with Gasteiger partial charge in [-0.1, -0.05) is 17.7 Å². The first-order valence-corrected chi connectivity index (χ1v) is 12.7. The van der Waals surface area contributed by atoms with Crippen LogP contribution in [0.2, 0.25) is 5.02 Å². The van der Waals surface area contributed by atoms with Gasteiger partial charge in [0.2, 0.25) is 16.8 Å². The summed E-state index contributed by atoms with van der Waals surface area (Å²) in [5, 5.41) is 0.939. The summed E-state index contributed by atoms with van der Waals surface area (Å²) in [5.41, 5.74) is 1.65. The van der Waals surface area contributed by atoms with Crippen molar-refractivity contribution in [1.29, 1.82) is 0 Å². The number of fused-ring (bicyclic) bond motifs is 2. The molecule has 10 heteroatoms. The fraction of sp³-hybridized carbons (Fsp3) is 0.348. The average Bonchev–Trinajstić information content (AvgIpc) is 3.27. The Morgan fingerprint density at radius 3 is 2.70 bits per heavy atom. The molecular weight excluding hydrogens is 464 g/mol. The molecule has 0 radical (unpaired) electrons. The van der Waals surface area contributed by atoms with Crippen molar-refractivity contribution >= 4 is 32.5 Å². The smallest absolute Gasteiger partial charge is 0.242 e. The first-order chi connectivity index (χ1) is 15.9. The third kappa shape index (κ3) is 4.64. The molecule has 5 rings (SSSR count). The largest absolute Gasteiger partial charge is 0.454 e. The van der Waals surface area contributed by atoms with Crippen molar-refractivity contribution in [2.45, 2.75) is 24.5 Å². The number of piperazine rings is 1. The van der Waals surface area contributed by atoms with E-state index in [1.54, 1.807) is 24.4 Å². The van der Waals surface area contributed by atoms with Crippen molar-refractivity contribution in [3.05, 3.63) is 59.2 Å². The molecule has 3 heterocycles. The molecule has 2 aromatic carbocycles. The normalized spacial score (nSPS) is 18.0. The third-order valence-electron chi connectivity index (χ3n) is 6.09. The van der Waals surface area contributed by atoms with Crippen LogP contribution in [0.3, 0.4) is 0 Å². The van der Waals surface area contributed by atoms with Crippen LogP contribution in [0.15, 0.2) is 53.6 Å². The topological polar surface area (TPSA) is 84.0 Å². The van der Waals surface area contributed by atoms with Crippen LogP contribution in [0.25, 0.3) is 10.9 Å². The Balaban J connectivity index is 1.22. The van der Waals surface area contributed by atoms with Crippen molar-refractivity contribution in [3.8, 4) is 11.5 Å². The number of hydrogen-bond acceptors (Lipinski definition) is 7. The van der Waals surface area contributed by atoms with Gasteiger partial charge in [-0.2, -0.15) is 4.72 Å². The number of aromatic nitrogens is 1. The van der Waals surface area contributed by atoms with E-state index in [4.69, 9.17) is 21.1 Å². The van der Waals surface area contributed by atoms with Crippen LogP contribution in [-0.4, -0.2) is 62.3 Å². The van der Waals surface area contributed by atoms with E-state index in [1.807, 2.05) is 19.1 Å². The Morgan fingerprint density at radius 2 is 1.88 bits per heavy atom. The highest BCUT2D eigenvalue weighted by atomic mass is 35.5. The summed E-state index contributed by atoms with van der Waals surface area (Å²) in [6, 6.07) is 12.6. The number of pyridine rings is 1. The fourth-order valence-corrected chi connectivity index (χ4v) is 5.96. The highest BCUT2D eigenvalue weighted by Crippen LogP contribution is 2.33. The van der Waals surface area contributed by atoms with Gasteiger partial charge >= 0.3 is 0 Å². The Morgan fingerprint density at radius 1 is 1.09 bits per heavy atom. The number of benzene rings is 2. The molecule has 174 valence electrons. The molecule has 3 aromatic rings. The van der Waals surface area contributed by atoms with Crippen molar-refractivity contribution < 1.29 is 17.9 Å². The molecule has 1 aromatic heterocycles. The van der Waals surface area contributed by atoms with Gasteiger partial charge < -0.3 is 9.47 Å². The zero-order chi connectivity index (χ0) is 23.0. The van der Waals surface area contributed by atoms with Gasteiger partial charge in [-0.05, 0) is 48.9 Å². The number of rotatable bonds is 6. The van der Waals surface area contributed by atoms with Gasteiger partial charge in [0, 0.05) is 44.3 Å². The maximum absolute atomic E-state index is 13.2. The van der Waals surface area contributed by atoms with Crippen LogP contribution >= 0.6 is 11.6 Å². The van der Waals surface area contributed by atoms with Gasteiger partial charge in [0.05, 0.1) is 21.6 Å². The van der Waals surface area contributed by atoms with E-state index in [-0.39, 0.29) is 17.9 Å². The summed E-state index contributed by atoms with van der Waals surface area (Å²) in [6.07, 6.45) is 1.26. The maximum Gasteiger partial charge on any atom is 0.242 e. The zero-order valence-corrected chi connectivity index (χ0v) is 19.8. The van der Waals surface area contributed by atoms with Crippen LogP contribution in [-0.2, 0) is 16.6 Å². The number of halogens is 1. The number of nitrogens with one attached hydrogen (secondary N) is 1. The third-order valence-corrected chi connectivity index (χ3v) is 7.98. The summed E-state index contributed by atoms with van der Waals surface area (Å²) in [6.45, 7) is 6.17. The Hall–Kier alpha value is -2.43. The molecule has 1 fully saturated rings. The minimum atomic E-state index is -3.75. The maximum atomic E-state index is 13.2. The van der Waals surface area contributed by atoms with Gasteiger partial charge in [0.15, 0.2) is 11.5 Å². The fourth-order valence-electron chi connectivity index (χ4n) is 4.32. The number of sulfonamides is 1. The van der Waals surface area contributed by atoms with Crippen LogP contribution in [0.4, 0.5) is 0 Å². The van der Waals surface area contributed by atoms with Gasteiger partial charge in [-0.15, -0.1) is 0 Å². The molecule has 1 unspecified atom stereocenters. The molecule has 2 aliphatic heterocycles. The number of nitrogens with zero attached hydrogens (tertiary/aromatic N) is 3. The van der Waals surface area contributed by atoms with E-state index in [9.17, 15) is 8.42 Å². The quantitative estimate of drug-likeness (QED) is 0.570. The standard InChI is InChI=1S/C23H25ClN4O4S/c1-16(26-33(29,30)22-7-5-19(24)23-18(22)3-2-8-25-23)28-11-9-27(10-12-28)14-17-4-6-20-21(13-17)32-15-31-20/h2-8,13,16,26H,9-12,14-15H2,1H3. The lowest BCUT2D eigenvalue weighted by Crippen LogP contribution is -2.54. The van der Waals surface area contributed by atoms with Gasteiger partial charge in [-0.3, -0.25) is 14.8 Å². The zero-order valence-electron chi connectivity index (χ0n) is 18.2. The Labute approximate surface area is 198 Å². The molecule has 0 amide bonds. The predicted molar refractivity (Wildman–Crippen MR) is 126 cm³/mol. The molecule has 8 nitrogen and oxygen atoms in total. The van der Waals surface area contributed by atoms with Crippen LogP contribution in [0, 0.1) is 0 Å². The second kappa shape index (κ2) is 9.08. The van der Waals surface area contributed by atoms with Crippen molar-refractivity contribution in [1.82, 2.24) is 19.5 Å². The molecule has 0 saturated carbocycles. The summed E-state index contributed by atoms with van der Waals surface area (Å²) in [7, 11) is -3.75. The lowest BCUT2D eigenvalue weighted by molar-refractivity contribution is 0.0938. The molecule has 0 aliphatic carbocycles. The molecule has 1 atom stereocenters. The second-order valence-electron chi connectivity index (χ2n) is 8.24.